The molecule has 0 bridgehead atoms. The third kappa shape index (κ3) is 5.10. The first kappa shape index (κ1) is 14.4. The summed E-state index contributed by atoms with van der Waals surface area (Å²) in [4.78, 5) is 10.5. The number of ether oxygens (including phenoxy) is 1. The Morgan fingerprint density at radius 1 is 1.44 bits per heavy atom. The summed E-state index contributed by atoms with van der Waals surface area (Å²) in [5, 5.41) is 8.58. The molecule has 98 valence electrons. The van der Waals surface area contributed by atoms with Crippen LogP contribution in [0.2, 0.25) is 0 Å². The lowest BCUT2D eigenvalue weighted by atomic mass is 10.1. The fraction of sp³-hybridized carbons (Fsp3) is 0.357. The number of hydrogen-bond acceptors (Lipinski definition) is 2. The van der Waals surface area contributed by atoms with Crippen molar-refractivity contribution in [3.05, 3.63) is 41.2 Å². The van der Waals surface area contributed by atoms with Crippen LogP contribution in [-0.2, 0) is 16.1 Å². The maximum atomic E-state index is 13.1. The minimum atomic E-state index is -1.07. The summed E-state index contributed by atoms with van der Waals surface area (Å²) in [6.45, 7) is 6.07. The molecule has 0 fully saturated rings. The number of rotatable bonds is 4. The average molecular weight is 252 g/mol. The molecule has 0 heterocycles. The van der Waals surface area contributed by atoms with Crippen LogP contribution in [0.15, 0.2) is 24.3 Å². The minimum Gasteiger partial charge on any atom is -0.478 e. The van der Waals surface area contributed by atoms with Gasteiger partial charge in [0.15, 0.2) is 0 Å². The Labute approximate surface area is 106 Å². The Balaban J connectivity index is 2.93. The van der Waals surface area contributed by atoms with E-state index in [1.54, 1.807) is 6.07 Å². The molecule has 18 heavy (non-hydrogen) atoms. The van der Waals surface area contributed by atoms with Crippen molar-refractivity contribution in [2.24, 2.45) is 0 Å². The van der Waals surface area contributed by atoms with Crippen molar-refractivity contribution in [3.63, 3.8) is 0 Å². The van der Waals surface area contributed by atoms with Gasteiger partial charge in [-0.25, -0.2) is 9.18 Å². The van der Waals surface area contributed by atoms with E-state index in [0.29, 0.717) is 12.2 Å². The molecule has 1 N–H and O–H groups in total. The molecule has 0 aromatic heterocycles. The van der Waals surface area contributed by atoms with Crippen LogP contribution in [0.5, 0.6) is 0 Å². The van der Waals surface area contributed by atoms with Crippen molar-refractivity contribution in [2.45, 2.75) is 33.0 Å². The lowest BCUT2D eigenvalue weighted by Crippen LogP contribution is -2.19. The average Bonchev–Trinajstić information content (AvgIpc) is 2.23. The van der Waals surface area contributed by atoms with E-state index in [1.807, 2.05) is 20.8 Å². The van der Waals surface area contributed by atoms with Crippen LogP contribution >= 0.6 is 0 Å². The monoisotopic (exact) mass is 252 g/mol. The molecule has 0 unspecified atom stereocenters. The highest BCUT2D eigenvalue weighted by molar-refractivity contribution is 5.85. The van der Waals surface area contributed by atoms with Gasteiger partial charge in [-0.15, -0.1) is 0 Å². The molecule has 0 radical (unpaired) electrons. The molecule has 4 heteroatoms. The highest BCUT2D eigenvalue weighted by Gasteiger charge is 2.11. The van der Waals surface area contributed by atoms with E-state index in [9.17, 15) is 9.18 Å². The van der Waals surface area contributed by atoms with E-state index in [1.165, 1.54) is 18.2 Å². The Hall–Kier alpha value is -1.68. The van der Waals surface area contributed by atoms with Gasteiger partial charge in [-0.2, -0.15) is 0 Å². The van der Waals surface area contributed by atoms with Crippen LogP contribution in [-0.4, -0.2) is 16.7 Å². The molecule has 0 amide bonds. The Morgan fingerprint density at radius 3 is 2.67 bits per heavy atom. The van der Waals surface area contributed by atoms with Gasteiger partial charge < -0.3 is 9.84 Å². The van der Waals surface area contributed by atoms with E-state index in [-0.39, 0.29) is 5.60 Å². The van der Waals surface area contributed by atoms with Crippen molar-refractivity contribution in [1.82, 2.24) is 0 Å². The van der Waals surface area contributed by atoms with Crippen LogP contribution in [0.3, 0.4) is 0 Å². The second kappa shape index (κ2) is 5.78. The first-order valence-corrected chi connectivity index (χ1v) is 5.61. The molecule has 0 saturated heterocycles. The van der Waals surface area contributed by atoms with Crippen LogP contribution in [0.25, 0.3) is 6.08 Å². The van der Waals surface area contributed by atoms with Crippen LogP contribution in [0.4, 0.5) is 4.39 Å². The summed E-state index contributed by atoms with van der Waals surface area (Å²) in [6, 6.07) is 4.23. The summed E-state index contributed by atoms with van der Waals surface area (Å²) in [5.74, 6) is -1.47. The van der Waals surface area contributed by atoms with Gasteiger partial charge in [-0.1, -0.05) is 6.07 Å². The lowest BCUT2D eigenvalue weighted by Gasteiger charge is -2.20. The van der Waals surface area contributed by atoms with E-state index >= 15 is 0 Å². The van der Waals surface area contributed by atoms with Gasteiger partial charge in [0.05, 0.1) is 12.2 Å². The van der Waals surface area contributed by atoms with Crippen LogP contribution in [0, 0.1) is 5.82 Å². The molecule has 0 saturated carbocycles. The summed E-state index contributed by atoms with van der Waals surface area (Å²) in [5.41, 5.74) is 0.966. The molecule has 0 aliphatic rings. The molecule has 0 aliphatic heterocycles. The molecule has 0 aliphatic carbocycles. The maximum Gasteiger partial charge on any atom is 0.328 e. The van der Waals surface area contributed by atoms with Gasteiger partial charge in [-0.05, 0) is 50.1 Å². The van der Waals surface area contributed by atoms with Crippen LogP contribution in [0.1, 0.15) is 31.9 Å². The van der Waals surface area contributed by atoms with Gasteiger partial charge >= 0.3 is 5.97 Å². The molecular formula is C14H17FO3. The largest absolute Gasteiger partial charge is 0.478 e. The highest BCUT2D eigenvalue weighted by atomic mass is 19.1. The number of carboxylic acids is 1. The van der Waals surface area contributed by atoms with Gasteiger partial charge in [0.1, 0.15) is 5.82 Å². The number of carbonyl (C=O) groups is 1. The first-order chi connectivity index (χ1) is 8.28. The molecule has 1 aromatic rings. The molecule has 1 aromatic carbocycles. The van der Waals surface area contributed by atoms with Crippen molar-refractivity contribution >= 4 is 12.0 Å². The second-order valence-electron chi connectivity index (χ2n) is 4.92. The third-order valence-corrected chi connectivity index (χ3v) is 2.17. The van der Waals surface area contributed by atoms with Crippen LogP contribution < -0.4 is 0 Å². The second-order valence-corrected chi connectivity index (χ2v) is 4.92. The topological polar surface area (TPSA) is 46.5 Å². The normalized spacial score (nSPS) is 12.0. The number of aliphatic carboxylic acids is 1. The summed E-state index contributed by atoms with van der Waals surface area (Å²) >= 11 is 0. The molecule has 0 spiro atoms. The van der Waals surface area contributed by atoms with Gasteiger partial charge in [0.2, 0.25) is 0 Å². The number of halogens is 1. The standard InChI is InChI=1S/C14H17FO3/c1-14(2,3)18-9-11-4-6-12(15)8-10(11)5-7-13(16)17/h4-8H,9H2,1-3H3,(H,16,17)/b7-5+. The van der Waals surface area contributed by atoms with Gasteiger partial charge in [-0.3, -0.25) is 0 Å². The lowest BCUT2D eigenvalue weighted by molar-refractivity contribution is -0.131. The quantitative estimate of drug-likeness (QED) is 0.837. The third-order valence-electron chi connectivity index (χ3n) is 2.17. The smallest absolute Gasteiger partial charge is 0.328 e. The Kier molecular flexibility index (Phi) is 4.62. The van der Waals surface area contributed by atoms with Crippen molar-refractivity contribution in [2.75, 3.05) is 0 Å². The number of carboxylic acid groups (broad SMARTS) is 1. The summed E-state index contributed by atoms with van der Waals surface area (Å²) in [6.07, 6.45) is 2.35. The zero-order chi connectivity index (χ0) is 13.8. The summed E-state index contributed by atoms with van der Waals surface area (Å²) < 4.78 is 18.7. The molecule has 0 atom stereocenters. The van der Waals surface area contributed by atoms with E-state index in [4.69, 9.17) is 9.84 Å². The fourth-order valence-electron chi connectivity index (χ4n) is 1.31. The summed E-state index contributed by atoms with van der Waals surface area (Å²) in [7, 11) is 0. The van der Waals surface area contributed by atoms with E-state index in [2.05, 4.69) is 0 Å². The fourth-order valence-corrected chi connectivity index (χ4v) is 1.31. The molecule has 3 nitrogen and oxygen atoms in total. The maximum absolute atomic E-state index is 13.1. The number of hydrogen-bond donors (Lipinski definition) is 1. The first-order valence-electron chi connectivity index (χ1n) is 5.61. The predicted molar refractivity (Wildman–Crippen MR) is 67.6 cm³/mol. The Morgan fingerprint density at radius 2 is 2.11 bits per heavy atom. The van der Waals surface area contributed by atoms with E-state index < -0.39 is 11.8 Å². The zero-order valence-corrected chi connectivity index (χ0v) is 10.7. The zero-order valence-electron chi connectivity index (χ0n) is 10.7. The van der Waals surface area contributed by atoms with E-state index in [0.717, 1.165) is 11.6 Å². The van der Waals surface area contributed by atoms with Crippen molar-refractivity contribution in [3.8, 4) is 0 Å². The van der Waals surface area contributed by atoms with Crippen molar-refractivity contribution in [1.29, 1.82) is 0 Å². The SMILES string of the molecule is CC(C)(C)OCc1ccc(F)cc1/C=C/C(=O)O. The minimum absolute atomic E-state index is 0.303. The predicted octanol–water partition coefficient (Wildman–Crippen LogP) is 3.24. The highest BCUT2D eigenvalue weighted by Crippen LogP contribution is 2.18. The number of benzene rings is 1. The van der Waals surface area contributed by atoms with Gasteiger partial charge in [0.25, 0.3) is 0 Å². The molecule has 1 rings (SSSR count). The molecular weight excluding hydrogens is 235 g/mol. The Bertz CT molecular complexity index is 459. The van der Waals surface area contributed by atoms with Crippen molar-refractivity contribution < 1.29 is 19.0 Å². The van der Waals surface area contributed by atoms with Gasteiger partial charge in [0, 0.05) is 6.08 Å².